The minimum atomic E-state index is -3.43. The van der Waals surface area contributed by atoms with Gasteiger partial charge in [-0.15, -0.1) is 0 Å². The van der Waals surface area contributed by atoms with E-state index in [0.717, 1.165) is 12.0 Å². The molecule has 2 heterocycles. The number of benzene rings is 1. The molecule has 5 nitrogen and oxygen atoms in total. The lowest BCUT2D eigenvalue weighted by Crippen LogP contribution is -2.29. The average Bonchev–Trinajstić information content (AvgIpc) is 3.17. The molecule has 0 radical (unpaired) electrons. The van der Waals surface area contributed by atoms with Crippen molar-refractivity contribution in [2.24, 2.45) is 0 Å². The largest absolute Gasteiger partial charge is 0.333 e. The molecule has 1 fully saturated rings. The maximum atomic E-state index is 12.8. The number of aromatic nitrogens is 2. The van der Waals surface area contributed by atoms with Crippen LogP contribution in [0.3, 0.4) is 0 Å². The Morgan fingerprint density at radius 2 is 1.87 bits per heavy atom. The topological polar surface area (TPSA) is 55.2 Å². The molecule has 1 aromatic carbocycles. The maximum absolute atomic E-state index is 12.8. The smallest absolute Gasteiger partial charge is 0.243 e. The van der Waals surface area contributed by atoms with E-state index in [9.17, 15) is 8.42 Å². The summed E-state index contributed by atoms with van der Waals surface area (Å²) in [5, 5.41) is 0. The van der Waals surface area contributed by atoms with Gasteiger partial charge in [0.25, 0.3) is 0 Å². The molecule has 1 saturated heterocycles. The van der Waals surface area contributed by atoms with Crippen molar-refractivity contribution in [2.75, 3.05) is 13.1 Å². The summed E-state index contributed by atoms with van der Waals surface area (Å²) in [5.74, 6) is 0. The molecule has 6 heteroatoms. The molecule has 1 atom stereocenters. The van der Waals surface area contributed by atoms with Crippen molar-refractivity contribution >= 4 is 10.0 Å². The van der Waals surface area contributed by atoms with E-state index in [1.807, 2.05) is 22.9 Å². The lowest BCUT2D eigenvalue weighted by atomic mass is 9.87. The van der Waals surface area contributed by atoms with Crippen LogP contribution in [0, 0.1) is 0 Å². The van der Waals surface area contributed by atoms with E-state index in [0.29, 0.717) is 18.0 Å². The molecule has 0 aliphatic carbocycles. The number of hydrogen-bond acceptors (Lipinski definition) is 3. The van der Waals surface area contributed by atoms with E-state index in [2.05, 4.69) is 25.8 Å². The lowest BCUT2D eigenvalue weighted by Gasteiger charge is -2.21. The van der Waals surface area contributed by atoms with Crippen LogP contribution in [0.1, 0.15) is 38.8 Å². The van der Waals surface area contributed by atoms with E-state index in [1.54, 1.807) is 29.0 Å². The first-order valence-corrected chi connectivity index (χ1v) is 9.30. The summed E-state index contributed by atoms with van der Waals surface area (Å²) in [6.45, 7) is 7.40. The first kappa shape index (κ1) is 16.2. The van der Waals surface area contributed by atoms with Gasteiger partial charge in [0.15, 0.2) is 0 Å². The van der Waals surface area contributed by atoms with Crippen LogP contribution in [-0.2, 0) is 15.4 Å². The van der Waals surface area contributed by atoms with Crippen LogP contribution in [0.5, 0.6) is 0 Å². The van der Waals surface area contributed by atoms with Gasteiger partial charge in [0.1, 0.15) is 0 Å². The fourth-order valence-corrected chi connectivity index (χ4v) is 4.43. The van der Waals surface area contributed by atoms with Crippen molar-refractivity contribution in [3.05, 3.63) is 48.5 Å². The summed E-state index contributed by atoms with van der Waals surface area (Å²) in [6, 6.07) is 7.44. The van der Waals surface area contributed by atoms with Crippen LogP contribution in [-0.4, -0.2) is 35.4 Å². The number of rotatable bonds is 3. The molecule has 0 N–H and O–H groups in total. The Labute approximate surface area is 138 Å². The van der Waals surface area contributed by atoms with Gasteiger partial charge in [0.05, 0.1) is 11.2 Å². The third-order valence-corrected chi connectivity index (χ3v) is 6.31. The highest BCUT2D eigenvalue weighted by molar-refractivity contribution is 7.89. The molecule has 23 heavy (non-hydrogen) atoms. The molecule has 0 amide bonds. The summed E-state index contributed by atoms with van der Waals surface area (Å²) in [5.41, 5.74) is 1.15. The van der Waals surface area contributed by atoms with Crippen molar-refractivity contribution in [2.45, 2.75) is 43.5 Å². The van der Waals surface area contributed by atoms with Crippen molar-refractivity contribution in [1.82, 2.24) is 13.9 Å². The van der Waals surface area contributed by atoms with Crippen molar-refractivity contribution < 1.29 is 8.42 Å². The Morgan fingerprint density at radius 3 is 2.43 bits per heavy atom. The Morgan fingerprint density at radius 1 is 1.17 bits per heavy atom. The molecule has 0 saturated carbocycles. The van der Waals surface area contributed by atoms with Crippen LogP contribution < -0.4 is 0 Å². The fourth-order valence-electron chi connectivity index (χ4n) is 2.93. The minimum absolute atomic E-state index is 0.0163. The molecule has 1 aliphatic rings. The molecule has 2 aromatic rings. The second-order valence-corrected chi connectivity index (χ2v) is 9.03. The predicted octanol–water partition coefficient (Wildman–Crippen LogP) is 2.82. The highest BCUT2D eigenvalue weighted by Gasteiger charge is 2.33. The molecule has 124 valence electrons. The normalized spacial score (nSPS) is 20.0. The summed E-state index contributed by atoms with van der Waals surface area (Å²) < 4.78 is 29.2. The Bertz CT molecular complexity index is 759. The fraction of sp³-hybridized carbons (Fsp3) is 0.471. The highest BCUT2D eigenvalue weighted by atomic mass is 32.2. The third kappa shape index (κ3) is 3.19. The first-order valence-electron chi connectivity index (χ1n) is 7.86. The van der Waals surface area contributed by atoms with Crippen LogP contribution in [0.25, 0.3) is 0 Å². The molecular weight excluding hydrogens is 310 g/mol. The van der Waals surface area contributed by atoms with E-state index in [1.165, 1.54) is 0 Å². The number of nitrogens with zero attached hydrogens (tertiary/aromatic N) is 3. The van der Waals surface area contributed by atoms with E-state index < -0.39 is 10.0 Å². The highest BCUT2D eigenvalue weighted by Crippen LogP contribution is 2.29. The summed E-state index contributed by atoms with van der Waals surface area (Å²) in [6.07, 6.45) is 6.18. The second-order valence-electron chi connectivity index (χ2n) is 7.09. The van der Waals surface area contributed by atoms with Gasteiger partial charge < -0.3 is 4.57 Å². The van der Waals surface area contributed by atoms with E-state index >= 15 is 0 Å². The number of imidazole rings is 1. The van der Waals surface area contributed by atoms with Gasteiger partial charge in [0, 0.05) is 31.5 Å². The van der Waals surface area contributed by atoms with Gasteiger partial charge in [-0.1, -0.05) is 32.9 Å². The zero-order valence-electron chi connectivity index (χ0n) is 13.8. The van der Waals surface area contributed by atoms with Gasteiger partial charge >= 0.3 is 0 Å². The van der Waals surface area contributed by atoms with E-state index in [4.69, 9.17) is 0 Å². The maximum Gasteiger partial charge on any atom is 0.243 e. The SMILES string of the molecule is CC(C)(C)c1ccc(S(=O)(=O)N2CCC(n3ccnc3)C2)cc1. The zero-order chi connectivity index (χ0) is 16.7. The third-order valence-electron chi connectivity index (χ3n) is 4.43. The molecule has 1 aromatic heterocycles. The van der Waals surface area contributed by atoms with E-state index in [-0.39, 0.29) is 11.5 Å². The number of sulfonamides is 1. The Kier molecular flexibility index (Phi) is 4.06. The van der Waals surface area contributed by atoms with Gasteiger partial charge in [0.2, 0.25) is 10.0 Å². The summed E-state index contributed by atoms with van der Waals surface area (Å²) >= 11 is 0. The average molecular weight is 333 g/mol. The van der Waals surface area contributed by atoms with Gasteiger partial charge in [-0.25, -0.2) is 13.4 Å². The lowest BCUT2D eigenvalue weighted by molar-refractivity contribution is 0.451. The van der Waals surface area contributed by atoms with Crippen molar-refractivity contribution in [3.8, 4) is 0 Å². The van der Waals surface area contributed by atoms with Crippen LogP contribution in [0.2, 0.25) is 0 Å². The van der Waals surface area contributed by atoms with Crippen LogP contribution in [0.4, 0.5) is 0 Å². The molecule has 0 spiro atoms. The minimum Gasteiger partial charge on any atom is -0.333 e. The van der Waals surface area contributed by atoms with Gasteiger partial charge in [-0.3, -0.25) is 0 Å². The van der Waals surface area contributed by atoms with Crippen molar-refractivity contribution in [1.29, 1.82) is 0 Å². The van der Waals surface area contributed by atoms with Crippen molar-refractivity contribution in [3.63, 3.8) is 0 Å². The van der Waals surface area contributed by atoms with Crippen LogP contribution in [0.15, 0.2) is 47.9 Å². The van der Waals surface area contributed by atoms with Gasteiger partial charge in [-0.05, 0) is 29.5 Å². The quantitative estimate of drug-likeness (QED) is 0.868. The van der Waals surface area contributed by atoms with Gasteiger partial charge in [-0.2, -0.15) is 4.31 Å². The Balaban J connectivity index is 1.79. The predicted molar refractivity (Wildman–Crippen MR) is 89.8 cm³/mol. The molecular formula is C17H23N3O2S. The summed E-state index contributed by atoms with van der Waals surface area (Å²) in [4.78, 5) is 4.41. The molecule has 1 unspecified atom stereocenters. The first-order chi connectivity index (χ1) is 10.8. The zero-order valence-corrected chi connectivity index (χ0v) is 14.6. The molecule has 0 bridgehead atoms. The second kappa shape index (κ2) is 5.76. The monoisotopic (exact) mass is 333 g/mol. The number of hydrogen-bond donors (Lipinski definition) is 0. The summed E-state index contributed by atoms with van der Waals surface area (Å²) in [7, 11) is -3.43. The Hall–Kier alpha value is -1.66. The molecule has 1 aliphatic heterocycles. The standard InChI is InChI=1S/C17H23N3O2S/c1-17(2,3)14-4-6-16(7-5-14)23(21,22)20-10-8-15(12-20)19-11-9-18-13-19/h4-7,9,11,13,15H,8,10,12H2,1-3H3. The molecule has 3 rings (SSSR count). The van der Waals surface area contributed by atoms with Crippen LogP contribution >= 0.6 is 0 Å².